The van der Waals surface area contributed by atoms with E-state index in [0.29, 0.717) is 44.9 Å². The Bertz CT molecular complexity index is 934. The highest BCUT2D eigenvalue weighted by molar-refractivity contribution is 7.89. The Labute approximate surface area is 196 Å². The minimum atomic E-state index is -3.72. The zero-order valence-corrected chi connectivity index (χ0v) is 19.9. The Morgan fingerprint density at radius 1 is 0.970 bits per heavy atom. The standard InChI is InChI=1S/C23H34N4O5S/c28-22(26-9-2-1-3-10-26)18-25-11-13-27(14-12-25)23(29)19-6-4-8-21(16-19)33(30,31)24-17-20-7-5-15-32-20/h4,6,8,16,20,24H,1-3,5,7,9-15,17-18H2. The second-order valence-electron chi connectivity index (χ2n) is 9.02. The number of benzene rings is 1. The molecular formula is C23H34N4O5S. The normalized spacial score (nSPS) is 22.5. The van der Waals surface area contributed by atoms with E-state index in [1.807, 2.05) is 4.90 Å². The summed E-state index contributed by atoms with van der Waals surface area (Å²) in [6.07, 6.45) is 5.03. The number of amides is 2. The lowest BCUT2D eigenvalue weighted by Crippen LogP contribution is -2.52. The summed E-state index contributed by atoms with van der Waals surface area (Å²) >= 11 is 0. The van der Waals surface area contributed by atoms with Crippen LogP contribution in [-0.4, -0.2) is 100 Å². The maximum Gasteiger partial charge on any atom is 0.253 e. The van der Waals surface area contributed by atoms with Crippen LogP contribution in [0.2, 0.25) is 0 Å². The third kappa shape index (κ3) is 6.32. The minimum Gasteiger partial charge on any atom is -0.377 e. The van der Waals surface area contributed by atoms with Crippen LogP contribution in [0.15, 0.2) is 29.2 Å². The lowest BCUT2D eigenvalue weighted by molar-refractivity contribution is -0.133. The molecule has 0 saturated carbocycles. The summed E-state index contributed by atoms with van der Waals surface area (Å²) in [7, 11) is -3.72. The first-order valence-corrected chi connectivity index (χ1v) is 13.4. The van der Waals surface area contributed by atoms with Crippen molar-refractivity contribution in [2.24, 2.45) is 0 Å². The zero-order chi connectivity index (χ0) is 23.3. The van der Waals surface area contributed by atoms with Gasteiger partial charge in [0.1, 0.15) is 0 Å². The van der Waals surface area contributed by atoms with Crippen molar-refractivity contribution in [2.45, 2.75) is 43.1 Å². The first-order valence-electron chi connectivity index (χ1n) is 11.9. The number of nitrogens with one attached hydrogen (secondary N) is 1. The Morgan fingerprint density at radius 2 is 1.73 bits per heavy atom. The monoisotopic (exact) mass is 478 g/mol. The third-order valence-electron chi connectivity index (χ3n) is 6.64. The number of likely N-dealkylation sites (tertiary alicyclic amines) is 1. The van der Waals surface area contributed by atoms with Crippen LogP contribution >= 0.6 is 0 Å². The van der Waals surface area contributed by atoms with E-state index in [-0.39, 0.29) is 29.4 Å². The highest BCUT2D eigenvalue weighted by Crippen LogP contribution is 2.17. The van der Waals surface area contributed by atoms with E-state index in [0.717, 1.165) is 38.8 Å². The van der Waals surface area contributed by atoms with Gasteiger partial charge in [-0.1, -0.05) is 6.07 Å². The molecule has 3 aliphatic rings. The highest BCUT2D eigenvalue weighted by atomic mass is 32.2. The predicted octanol–water partition coefficient (Wildman–Crippen LogP) is 0.914. The molecule has 1 unspecified atom stereocenters. The number of piperazine rings is 1. The molecule has 0 aromatic heterocycles. The van der Waals surface area contributed by atoms with Gasteiger partial charge in [-0.2, -0.15) is 0 Å². The fraction of sp³-hybridized carbons (Fsp3) is 0.652. The zero-order valence-electron chi connectivity index (χ0n) is 19.1. The van der Waals surface area contributed by atoms with Gasteiger partial charge in [-0.05, 0) is 50.3 Å². The maximum absolute atomic E-state index is 13.0. The number of piperidine rings is 1. The van der Waals surface area contributed by atoms with Crippen molar-refractivity contribution in [1.82, 2.24) is 19.4 Å². The number of carbonyl (C=O) groups is 2. The minimum absolute atomic E-state index is 0.0807. The van der Waals surface area contributed by atoms with Gasteiger partial charge in [0.05, 0.1) is 17.5 Å². The van der Waals surface area contributed by atoms with E-state index in [1.54, 1.807) is 17.0 Å². The Hall–Kier alpha value is -2.01. The van der Waals surface area contributed by atoms with Crippen molar-refractivity contribution in [2.75, 3.05) is 59.0 Å². The molecule has 3 heterocycles. The number of nitrogens with zero attached hydrogens (tertiary/aromatic N) is 3. The number of hydrogen-bond donors (Lipinski definition) is 1. The van der Waals surface area contributed by atoms with E-state index in [4.69, 9.17) is 4.74 Å². The third-order valence-corrected chi connectivity index (χ3v) is 8.06. The van der Waals surface area contributed by atoms with Gasteiger partial charge < -0.3 is 14.5 Å². The van der Waals surface area contributed by atoms with E-state index in [9.17, 15) is 18.0 Å². The smallest absolute Gasteiger partial charge is 0.253 e. The summed E-state index contributed by atoms with van der Waals surface area (Å²) in [6.45, 7) is 5.28. The predicted molar refractivity (Wildman–Crippen MR) is 123 cm³/mol. The van der Waals surface area contributed by atoms with E-state index >= 15 is 0 Å². The molecule has 0 bridgehead atoms. The molecule has 3 saturated heterocycles. The van der Waals surface area contributed by atoms with Crippen LogP contribution in [0.1, 0.15) is 42.5 Å². The number of sulfonamides is 1. The molecule has 1 aromatic carbocycles. The molecule has 1 aromatic rings. The van der Waals surface area contributed by atoms with Crippen LogP contribution in [0.4, 0.5) is 0 Å². The maximum atomic E-state index is 13.0. The summed E-state index contributed by atoms with van der Waals surface area (Å²) in [4.78, 5) is 31.4. The summed E-state index contributed by atoms with van der Waals surface area (Å²) in [5, 5.41) is 0. The molecule has 1 N–H and O–H groups in total. The fourth-order valence-corrected chi connectivity index (χ4v) is 5.73. The van der Waals surface area contributed by atoms with E-state index in [2.05, 4.69) is 9.62 Å². The van der Waals surface area contributed by atoms with Crippen LogP contribution in [-0.2, 0) is 19.6 Å². The summed E-state index contributed by atoms with van der Waals surface area (Å²) < 4.78 is 33.4. The Balaban J connectivity index is 1.30. The summed E-state index contributed by atoms with van der Waals surface area (Å²) in [5.74, 6) is -0.0175. The van der Waals surface area contributed by atoms with Crippen LogP contribution in [0.3, 0.4) is 0 Å². The second kappa shape index (κ2) is 10.9. The average molecular weight is 479 g/mol. The van der Waals surface area contributed by atoms with Crippen molar-refractivity contribution in [3.63, 3.8) is 0 Å². The molecule has 33 heavy (non-hydrogen) atoms. The van der Waals surface area contributed by atoms with Crippen molar-refractivity contribution in [3.05, 3.63) is 29.8 Å². The number of rotatable bonds is 7. The first-order chi connectivity index (χ1) is 15.9. The quantitative estimate of drug-likeness (QED) is 0.626. The molecule has 0 radical (unpaired) electrons. The summed E-state index contributed by atoms with van der Waals surface area (Å²) in [6, 6.07) is 6.18. The van der Waals surface area contributed by atoms with Crippen molar-refractivity contribution >= 4 is 21.8 Å². The van der Waals surface area contributed by atoms with Crippen LogP contribution in [0, 0.1) is 0 Å². The molecule has 10 heteroatoms. The van der Waals surface area contributed by atoms with Crippen molar-refractivity contribution in [1.29, 1.82) is 0 Å². The van der Waals surface area contributed by atoms with Gasteiger partial charge in [-0.25, -0.2) is 13.1 Å². The van der Waals surface area contributed by atoms with E-state index in [1.165, 1.54) is 18.6 Å². The summed E-state index contributed by atoms with van der Waals surface area (Å²) in [5.41, 5.74) is 0.354. The molecule has 1 atom stereocenters. The van der Waals surface area contributed by atoms with Gasteiger partial charge in [-0.15, -0.1) is 0 Å². The van der Waals surface area contributed by atoms with Crippen LogP contribution in [0.25, 0.3) is 0 Å². The molecule has 3 fully saturated rings. The molecular weight excluding hydrogens is 444 g/mol. The number of hydrogen-bond acceptors (Lipinski definition) is 6. The number of ether oxygens (including phenoxy) is 1. The lowest BCUT2D eigenvalue weighted by Gasteiger charge is -2.36. The average Bonchev–Trinajstić information content (AvgIpc) is 3.37. The topological polar surface area (TPSA) is 99.3 Å². The van der Waals surface area contributed by atoms with Gasteiger partial charge in [0, 0.05) is 58.0 Å². The van der Waals surface area contributed by atoms with Crippen molar-refractivity contribution in [3.8, 4) is 0 Å². The Morgan fingerprint density at radius 3 is 2.42 bits per heavy atom. The SMILES string of the molecule is O=C(CN1CCN(C(=O)c2cccc(S(=O)(=O)NCC3CCCO3)c2)CC1)N1CCCCC1. The molecule has 0 spiro atoms. The molecule has 2 amide bonds. The number of carbonyl (C=O) groups excluding carboxylic acids is 2. The molecule has 3 aliphatic heterocycles. The first kappa shape index (κ1) is 24.1. The fourth-order valence-electron chi connectivity index (χ4n) is 4.61. The van der Waals surface area contributed by atoms with Crippen LogP contribution in [0.5, 0.6) is 0 Å². The van der Waals surface area contributed by atoms with Crippen molar-refractivity contribution < 1.29 is 22.7 Å². The van der Waals surface area contributed by atoms with Gasteiger partial charge >= 0.3 is 0 Å². The largest absolute Gasteiger partial charge is 0.377 e. The van der Waals surface area contributed by atoms with Gasteiger partial charge in [-0.3, -0.25) is 14.5 Å². The van der Waals surface area contributed by atoms with E-state index < -0.39 is 10.0 Å². The lowest BCUT2D eigenvalue weighted by atomic mass is 10.1. The molecule has 182 valence electrons. The van der Waals surface area contributed by atoms with Gasteiger partial charge in [0.15, 0.2) is 0 Å². The van der Waals surface area contributed by atoms with Gasteiger partial charge in [0.25, 0.3) is 5.91 Å². The van der Waals surface area contributed by atoms with Crippen LogP contribution < -0.4 is 4.72 Å². The van der Waals surface area contributed by atoms with Gasteiger partial charge in [0.2, 0.25) is 15.9 Å². The highest BCUT2D eigenvalue weighted by Gasteiger charge is 2.26. The second-order valence-corrected chi connectivity index (χ2v) is 10.8. The molecule has 4 rings (SSSR count). The molecule has 9 nitrogen and oxygen atoms in total. The molecule has 0 aliphatic carbocycles. The Kier molecular flexibility index (Phi) is 8.00.